The number of anilines is 1. The Morgan fingerprint density at radius 3 is 2.70 bits per heavy atom. The van der Waals surface area contributed by atoms with Gasteiger partial charge in [0, 0.05) is 12.2 Å². The summed E-state index contributed by atoms with van der Waals surface area (Å²) in [5.41, 5.74) is 4.65. The summed E-state index contributed by atoms with van der Waals surface area (Å²) in [6.07, 6.45) is 0.973. The van der Waals surface area contributed by atoms with Crippen LogP contribution < -0.4 is 5.32 Å². The smallest absolute Gasteiger partial charge is 0.243 e. The van der Waals surface area contributed by atoms with E-state index in [1.165, 1.54) is 11.1 Å². The van der Waals surface area contributed by atoms with Gasteiger partial charge < -0.3 is 5.32 Å². The standard InChI is InChI=1S/C16H18N4/c1-12-6-3-4-8-14(12)10-11-17-16-18-15-9-5-7-13(2)20(15)19-16/h3-9H,10-11H2,1-2H3,(H,17,19). The van der Waals surface area contributed by atoms with Crippen molar-refractivity contribution in [2.24, 2.45) is 0 Å². The molecule has 0 spiro atoms. The molecule has 20 heavy (non-hydrogen) atoms. The van der Waals surface area contributed by atoms with Crippen molar-refractivity contribution in [2.75, 3.05) is 11.9 Å². The lowest BCUT2D eigenvalue weighted by Crippen LogP contribution is -2.07. The molecule has 0 radical (unpaired) electrons. The fraction of sp³-hybridized carbons (Fsp3) is 0.250. The zero-order valence-electron chi connectivity index (χ0n) is 11.8. The Labute approximate surface area is 118 Å². The highest BCUT2D eigenvalue weighted by atomic mass is 15.3. The first kappa shape index (κ1) is 12.7. The first-order valence-electron chi connectivity index (χ1n) is 6.85. The van der Waals surface area contributed by atoms with Crippen molar-refractivity contribution in [3.63, 3.8) is 0 Å². The summed E-state index contributed by atoms with van der Waals surface area (Å²) in [4.78, 5) is 4.47. The van der Waals surface area contributed by atoms with Crippen LogP contribution in [-0.2, 0) is 6.42 Å². The highest BCUT2D eigenvalue weighted by molar-refractivity contribution is 5.44. The number of rotatable bonds is 4. The molecule has 1 N–H and O–H groups in total. The van der Waals surface area contributed by atoms with E-state index in [0.717, 1.165) is 24.3 Å². The van der Waals surface area contributed by atoms with E-state index in [-0.39, 0.29) is 0 Å². The van der Waals surface area contributed by atoms with Crippen molar-refractivity contribution in [2.45, 2.75) is 20.3 Å². The summed E-state index contributed by atoms with van der Waals surface area (Å²) >= 11 is 0. The summed E-state index contributed by atoms with van der Waals surface area (Å²) in [5, 5.41) is 7.75. The van der Waals surface area contributed by atoms with Crippen molar-refractivity contribution in [3.05, 3.63) is 59.3 Å². The van der Waals surface area contributed by atoms with Crippen LogP contribution in [0.5, 0.6) is 0 Å². The van der Waals surface area contributed by atoms with Gasteiger partial charge >= 0.3 is 0 Å². The van der Waals surface area contributed by atoms with E-state index >= 15 is 0 Å². The zero-order valence-corrected chi connectivity index (χ0v) is 11.8. The number of fused-ring (bicyclic) bond motifs is 1. The second-order valence-corrected chi connectivity index (χ2v) is 4.98. The van der Waals surface area contributed by atoms with Gasteiger partial charge in [-0.3, -0.25) is 0 Å². The van der Waals surface area contributed by atoms with Crippen LogP contribution in [0.25, 0.3) is 5.65 Å². The van der Waals surface area contributed by atoms with Gasteiger partial charge in [-0.25, -0.2) is 4.52 Å². The predicted octanol–water partition coefficient (Wildman–Crippen LogP) is 3.00. The van der Waals surface area contributed by atoms with Gasteiger partial charge in [-0.2, -0.15) is 4.98 Å². The van der Waals surface area contributed by atoms with E-state index < -0.39 is 0 Å². The Hall–Kier alpha value is -2.36. The number of nitrogens with zero attached hydrogens (tertiary/aromatic N) is 3. The van der Waals surface area contributed by atoms with Crippen molar-refractivity contribution >= 4 is 11.6 Å². The van der Waals surface area contributed by atoms with Crippen LogP contribution >= 0.6 is 0 Å². The zero-order chi connectivity index (χ0) is 13.9. The fourth-order valence-corrected chi connectivity index (χ4v) is 2.31. The average molecular weight is 266 g/mol. The normalized spacial score (nSPS) is 10.9. The Morgan fingerprint density at radius 1 is 1.05 bits per heavy atom. The summed E-state index contributed by atoms with van der Waals surface area (Å²) in [7, 11) is 0. The molecule has 0 saturated heterocycles. The molecule has 4 heteroatoms. The molecule has 2 heterocycles. The lowest BCUT2D eigenvalue weighted by atomic mass is 10.1. The number of pyridine rings is 1. The molecule has 0 unspecified atom stereocenters. The lowest BCUT2D eigenvalue weighted by Gasteiger charge is -2.05. The molecular weight excluding hydrogens is 248 g/mol. The molecule has 0 aliphatic rings. The van der Waals surface area contributed by atoms with E-state index in [1.807, 2.05) is 29.6 Å². The lowest BCUT2D eigenvalue weighted by molar-refractivity contribution is 0.903. The molecule has 0 bridgehead atoms. The maximum atomic E-state index is 4.47. The van der Waals surface area contributed by atoms with Gasteiger partial charge in [0.25, 0.3) is 0 Å². The van der Waals surface area contributed by atoms with E-state index in [9.17, 15) is 0 Å². The number of nitrogens with one attached hydrogen (secondary N) is 1. The first-order chi connectivity index (χ1) is 9.74. The molecule has 3 rings (SSSR count). The highest BCUT2D eigenvalue weighted by Crippen LogP contribution is 2.10. The van der Waals surface area contributed by atoms with Crippen LogP contribution in [0.3, 0.4) is 0 Å². The number of aryl methyl sites for hydroxylation is 2. The van der Waals surface area contributed by atoms with E-state index in [4.69, 9.17) is 0 Å². The molecule has 0 atom stereocenters. The van der Waals surface area contributed by atoms with Crippen LogP contribution in [0.15, 0.2) is 42.5 Å². The van der Waals surface area contributed by atoms with E-state index in [1.54, 1.807) is 0 Å². The Balaban J connectivity index is 1.68. The summed E-state index contributed by atoms with van der Waals surface area (Å²) in [5.74, 6) is 0.688. The van der Waals surface area contributed by atoms with Gasteiger partial charge in [-0.15, -0.1) is 5.10 Å². The number of hydrogen-bond donors (Lipinski definition) is 1. The van der Waals surface area contributed by atoms with Gasteiger partial charge in [0.15, 0.2) is 5.65 Å². The van der Waals surface area contributed by atoms with Gasteiger partial charge in [0.2, 0.25) is 5.95 Å². The maximum Gasteiger partial charge on any atom is 0.243 e. The molecule has 0 amide bonds. The Kier molecular flexibility index (Phi) is 3.37. The van der Waals surface area contributed by atoms with E-state index in [2.05, 4.69) is 46.6 Å². The minimum absolute atomic E-state index is 0.688. The highest BCUT2D eigenvalue weighted by Gasteiger charge is 2.04. The second-order valence-electron chi connectivity index (χ2n) is 4.98. The van der Waals surface area contributed by atoms with Crippen LogP contribution in [-0.4, -0.2) is 21.1 Å². The fourth-order valence-electron chi connectivity index (χ4n) is 2.31. The van der Waals surface area contributed by atoms with Crippen molar-refractivity contribution < 1.29 is 0 Å². The third-order valence-electron chi connectivity index (χ3n) is 3.49. The van der Waals surface area contributed by atoms with Crippen LogP contribution in [0.1, 0.15) is 16.8 Å². The topological polar surface area (TPSA) is 42.2 Å². The third kappa shape index (κ3) is 2.50. The summed E-state index contributed by atoms with van der Waals surface area (Å²) < 4.78 is 1.86. The number of aromatic nitrogens is 3. The van der Waals surface area contributed by atoms with Gasteiger partial charge in [0.05, 0.1) is 0 Å². The molecule has 0 saturated carbocycles. The minimum atomic E-state index is 0.688. The first-order valence-corrected chi connectivity index (χ1v) is 6.85. The average Bonchev–Trinajstić information content (AvgIpc) is 2.85. The molecule has 1 aromatic carbocycles. The third-order valence-corrected chi connectivity index (χ3v) is 3.49. The summed E-state index contributed by atoms with van der Waals surface area (Å²) in [6.45, 7) is 5.00. The number of hydrogen-bond acceptors (Lipinski definition) is 3. The van der Waals surface area contributed by atoms with Crippen LogP contribution in [0, 0.1) is 13.8 Å². The Morgan fingerprint density at radius 2 is 1.90 bits per heavy atom. The second kappa shape index (κ2) is 5.33. The molecule has 2 aromatic heterocycles. The van der Waals surface area contributed by atoms with Crippen molar-refractivity contribution in [3.8, 4) is 0 Å². The quantitative estimate of drug-likeness (QED) is 0.789. The van der Waals surface area contributed by atoms with E-state index in [0.29, 0.717) is 5.95 Å². The van der Waals surface area contributed by atoms with Gasteiger partial charge in [-0.1, -0.05) is 30.3 Å². The number of benzene rings is 1. The molecule has 102 valence electrons. The summed E-state index contributed by atoms with van der Waals surface area (Å²) in [6, 6.07) is 14.4. The van der Waals surface area contributed by atoms with Gasteiger partial charge in [-0.05, 0) is 43.5 Å². The molecular formula is C16H18N4. The van der Waals surface area contributed by atoms with Gasteiger partial charge in [0.1, 0.15) is 0 Å². The van der Waals surface area contributed by atoms with Crippen LogP contribution in [0.4, 0.5) is 5.95 Å². The molecule has 0 aliphatic carbocycles. The Bertz CT molecular complexity index is 730. The predicted molar refractivity (Wildman–Crippen MR) is 81.1 cm³/mol. The minimum Gasteiger partial charge on any atom is -0.353 e. The SMILES string of the molecule is Cc1ccccc1CCNc1nc2cccc(C)n2n1. The maximum absolute atomic E-state index is 4.47. The molecule has 4 nitrogen and oxygen atoms in total. The van der Waals surface area contributed by atoms with Crippen molar-refractivity contribution in [1.29, 1.82) is 0 Å². The molecule has 3 aromatic rings. The molecule has 0 fully saturated rings. The van der Waals surface area contributed by atoms with Crippen molar-refractivity contribution in [1.82, 2.24) is 14.6 Å². The van der Waals surface area contributed by atoms with Crippen LogP contribution in [0.2, 0.25) is 0 Å². The monoisotopic (exact) mass is 266 g/mol. The largest absolute Gasteiger partial charge is 0.353 e. The molecule has 0 aliphatic heterocycles.